The maximum absolute atomic E-state index is 12.3. The molecule has 0 fully saturated rings. The molecule has 0 saturated heterocycles. The quantitative estimate of drug-likeness (QED) is 0.557. The first-order valence-electron chi connectivity index (χ1n) is 9.90. The number of hydrogen-bond acceptors (Lipinski definition) is 7. The number of amides is 1. The topological polar surface area (TPSA) is 110 Å². The number of aliphatic hydroxyl groups excluding tert-OH is 1. The lowest BCUT2D eigenvalue weighted by molar-refractivity contribution is 0.0912. The summed E-state index contributed by atoms with van der Waals surface area (Å²) in [6, 6.07) is 6.87. The van der Waals surface area contributed by atoms with Crippen LogP contribution in [0.5, 0.6) is 5.88 Å². The predicted molar refractivity (Wildman–Crippen MR) is 111 cm³/mol. The Morgan fingerprint density at radius 1 is 1.20 bits per heavy atom. The number of rotatable bonds is 9. The lowest BCUT2D eigenvalue weighted by Crippen LogP contribution is -2.37. The second-order valence-corrected chi connectivity index (χ2v) is 7.07. The Morgan fingerprint density at radius 2 is 2.03 bits per heavy atom. The van der Waals surface area contributed by atoms with Crippen LogP contribution in [0.25, 0.3) is 11.3 Å². The van der Waals surface area contributed by atoms with Crippen LogP contribution >= 0.6 is 0 Å². The molecule has 1 atom stereocenters. The largest absolute Gasteiger partial charge is 0.473 e. The van der Waals surface area contributed by atoms with Crippen molar-refractivity contribution in [2.45, 2.75) is 46.3 Å². The molecule has 3 aromatic heterocycles. The number of aromatic nitrogens is 3. The summed E-state index contributed by atoms with van der Waals surface area (Å²) >= 11 is 0. The standard InChI is InChI=1S/C22H26N4O4/c1-4-5-18(12-27)25-22(28)17-8-9-20(24-11-17)29-13-19-15(3)30-26-21(19)16-7-6-14(2)23-10-16/h6-11,18,27H,4-5,12-13H2,1-3H3,(H,25,28)/t18-/m0/s1. The molecule has 0 aromatic carbocycles. The van der Waals surface area contributed by atoms with Gasteiger partial charge in [0, 0.05) is 29.7 Å². The van der Waals surface area contributed by atoms with Crippen LogP contribution in [0.3, 0.4) is 0 Å². The van der Waals surface area contributed by atoms with Crippen LogP contribution in [0.15, 0.2) is 41.2 Å². The average molecular weight is 410 g/mol. The molecule has 0 unspecified atom stereocenters. The van der Waals surface area contributed by atoms with Gasteiger partial charge >= 0.3 is 0 Å². The molecule has 0 aliphatic carbocycles. The Balaban J connectivity index is 1.65. The van der Waals surface area contributed by atoms with Crippen molar-refractivity contribution >= 4 is 5.91 Å². The van der Waals surface area contributed by atoms with E-state index in [1.807, 2.05) is 32.9 Å². The van der Waals surface area contributed by atoms with Gasteiger partial charge in [-0.05, 0) is 38.5 Å². The Morgan fingerprint density at radius 3 is 2.67 bits per heavy atom. The van der Waals surface area contributed by atoms with Crippen molar-refractivity contribution in [1.82, 2.24) is 20.4 Å². The minimum absolute atomic E-state index is 0.0921. The van der Waals surface area contributed by atoms with E-state index in [0.717, 1.165) is 23.2 Å². The molecule has 0 aliphatic heterocycles. The molecule has 0 bridgehead atoms. The Hall–Kier alpha value is -3.26. The summed E-state index contributed by atoms with van der Waals surface area (Å²) in [6.45, 7) is 5.88. The SMILES string of the molecule is CCC[C@@H](CO)NC(=O)c1ccc(OCc2c(-c3ccc(C)nc3)noc2C)nc1. The van der Waals surface area contributed by atoms with Crippen LogP contribution in [0, 0.1) is 13.8 Å². The molecule has 0 radical (unpaired) electrons. The number of pyridine rings is 2. The summed E-state index contributed by atoms with van der Waals surface area (Å²) < 4.78 is 11.1. The number of carbonyl (C=O) groups is 1. The summed E-state index contributed by atoms with van der Waals surface area (Å²) in [4.78, 5) is 20.8. The van der Waals surface area contributed by atoms with Gasteiger partial charge in [0.25, 0.3) is 5.91 Å². The van der Waals surface area contributed by atoms with Crippen molar-refractivity contribution in [3.63, 3.8) is 0 Å². The number of aryl methyl sites for hydroxylation is 2. The van der Waals surface area contributed by atoms with Crippen molar-refractivity contribution in [3.05, 3.63) is 59.2 Å². The third-order valence-corrected chi connectivity index (χ3v) is 4.73. The third-order valence-electron chi connectivity index (χ3n) is 4.73. The molecular formula is C22H26N4O4. The Kier molecular flexibility index (Phi) is 7.13. The monoisotopic (exact) mass is 410 g/mol. The molecule has 0 spiro atoms. The van der Waals surface area contributed by atoms with Crippen LogP contribution in [-0.4, -0.2) is 38.8 Å². The van der Waals surface area contributed by atoms with E-state index in [1.54, 1.807) is 18.3 Å². The first-order valence-corrected chi connectivity index (χ1v) is 9.90. The van der Waals surface area contributed by atoms with E-state index < -0.39 is 0 Å². The van der Waals surface area contributed by atoms with Gasteiger partial charge in [-0.2, -0.15) is 0 Å². The van der Waals surface area contributed by atoms with E-state index >= 15 is 0 Å². The van der Waals surface area contributed by atoms with Crippen LogP contribution in [0.1, 0.15) is 47.1 Å². The highest BCUT2D eigenvalue weighted by Crippen LogP contribution is 2.26. The van der Waals surface area contributed by atoms with Crippen molar-refractivity contribution < 1.29 is 19.2 Å². The van der Waals surface area contributed by atoms with Gasteiger partial charge in [-0.3, -0.25) is 9.78 Å². The molecule has 3 aromatic rings. The number of hydrogen-bond donors (Lipinski definition) is 2. The van der Waals surface area contributed by atoms with Gasteiger partial charge < -0.3 is 19.7 Å². The van der Waals surface area contributed by atoms with E-state index in [0.29, 0.717) is 29.3 Å². The molecule has 8 nitrogen and oxygen atoms in total. The van der Waals surface area contributed by atoms with E-state index in [1.165, 1.54) is 6.20 Å². The Labute approximate surface area is 175 Å². The second-order valence-electron chi connectivity index (χ2n) is 7.07. The van der Waals surface area contributed by atoms with Crippen molar-refractivity contribution in [2.24, 2.45) is 0 Å². The average Bonchev–Trinajstić information content (AvgIpc) is 3.13. The zero-order valence-corrected chi connectivity index (χ0v) is 17.4. The lowest BCUT2D eigenvalue weighted by Gasteiger charge is -2.15. The van der Waals surface area contributed by atoms with Crippen molar-refractivity contribution in [2.75, 3.05) is 6.61 Å². The normalized spacial score (nSPS) is 11.9. The molecule has 0 saturated carbocycles. The fraction of sp³-hybridized carbons (Fsp3) is 0.364. The van der Waals surface area contributed by atoms with Gasteiger partial charge in [-0.15, -0.1) is 0 Å². The molecule has 8 heteroatoms. The fourth-order valence-corrected chi connectivity index (χ4v) is 2.97. The molecule has 30 heavy (non-hydrogen) atoms. The summed E-state index contributed by atoms with van der Waals surface area (Å²) in [5, 5.41) is 16.3. The maximum Gasteiger partial charge on any atom is 0.253 e. The number of aliphatic hydroxyl groups is 1. The van der Waals surface area contributed by atoms with Crippen molar-refractivity contribution in [1.29, 1.82) is 0 Å². The van der Waals surface area contributed by atoms with Gasteiger partial charge in [-0.1, -0.05) is 18.5 Å². The number of ether oxygens (including phenoxy) is 1. The summed E-state index contributed by atoms with van der Waals surface area (Å²) in [5.41, 5.74) is 3.67. The smallest absolute Gasteiger partial charge is 0.253 e. The summed E-state index contributed by atoms with van der Waals surface area (Å²) in [5.74, 6) is 0.769. The molecule has 3 heterocycles. The van der Waals surface area contributed by atoms with Crippen LogP contribution in [0.4, 0.5) is 0 Å². The van der Waals surface area contributed by atoms with Gasteiger partial charge in [0.05, 0.1) is 23.8 Å². The second kappa shape index (κ2) is 9.98. The van der Waals surface area contributed by atoms with Gasteiger partial charge in [0.15, 0.2) is 0 Å². The highest BCUT2D eigenvalue weighted by molar-refractivity contribution is 5.94. The molecular weight excluding hydrogens is 384 g/mol. The molecule has 2 N–H and O–H groups in total. The summed E-state index contributed by atoms with van der Waals surface area (Å²) in [7, 11) is 0. The van der Waals surface area contributed by atoms with Crippen LogP contribution < -0.4 is 10.1 Å². The molecule has 1 amide bonds. The minimum atomic E-state index is -0.273. The van der Waals surface area contributed by atoms with Crippen LogP contribution in [-0.2, 0) is 6.61 Å². The first-order chi connectivity index (χ1) is 14.5. The first kappa shape index (κ1) is 21.4. The van der Waals surface area contributed by atoms with E-state index in [4.69, 9.17) is 9.26 Å². The lowest BCUT2D eigenvalue weighted by atomic mass is 10.1. The van der Waals surface area contributed by atoms with E-state index in [9.17, 15) is 9.90 Å². The third kappa shape index (κ3) is 5.21. The number of carbonyl (C=O) groups excluding carboxylic acids is 1. The zero-order chi connectivity index (χ0) is 21.5. The highest BCUT2D eigenvalue weighted by atomic mass is 16.5. The van der Waals surface area contributed by atoms with Gasteiger partial charge in [-0.25, -0.2) is 4.98 Å². The van der Waals surface area contributed by atoms with Crippen LogP contribution in [0.2, 0.25) is 0 Å². The zero-order valence-electron chi connectivity index (χ0n) is 17.4. The van der Waals surface area contributed by atoms with E-state index in [2.05, 4.69) is 20.4 Å². The number of nitrogens with one attached hydrogen (secondary N) is 1. The fourth-order valence-electron chi connectivity index (χ4n) is 2.97. The molecule has 0 aliphatic rings. The van der Waals surface area contributed by atoms with Gasteiger partial charge in [0.1, 0.15) is 18.1 Å². The van der Waals surface area contributed by atoms with E-state index in [-0.39, 0.29) is 25.2 Å². The minimum Gasteiger partial charge on any atom is -0.473 e. The summed E-state index contributed by atoms with van der Waals surface area (Å²) in [6.07, 6.45) is 4.80. The van der Waals surface area contributed by atoms with Crippen molar-refractivity contribution in [3.8, 4) is 17.1 Å². The van der Waals surface area contributed by atoms with Gasteiger partial charge in [0.2, 0.25) is 5.88 Å². The maximum atomic E-state index is 12.3. The molecule has 3 rings (SSSR count). The Bertz CT molecular complexity index is 968. The predicted octanol–water partition coefficient (Wildman–Crippen LogP) is 3.22. The molecule has 158 valence electrons. The number of nitrogens with zero attached hydrogens (tertiary/aromatic N) is 3. The highest BCUT2D eigenvalue weighted by Gasteiger charge is 2.17.